The van der Waals surface area contributed by atoms with E-state index in [1.165, 1.54) is 34.2 Å². The summed E-state index contributed by atoms with van der Waals surface area (Å²) in [5.41, 5.74) is 2.31. The molecule has 0 spiro atoms. The number of carbonyl (C=O) groups excluding carboxylic acids is 2. The lowest BCUT2D eigenvalue weighted by Crippen LogP contribution is -2.09. The van der Waals surface area contributed by atoms with Crippen molar-refractivity contribution in [3.63, 3.8) is 0 Å². The van der Waals surface area contributed by atoms with Gasteiger partial charge in [-0.3, -0.25) is 14.9 Å². The van der Waals surface area contributed by atoms with Gasteiger partial charge in [0.2, 0.25) is 5.91 Å². The molecule has 0 aliphatic carbocycles. The van der Waals surface area contributed by atoms with Crippen LogP contribution in [0.1, 0.15) is 23.9 Å². The molecule has 7 nitrogen and oxygen atoms in total. The molecule has 3 aromatic rings. The molecule has 0 bridgehead atoms. The number of anilines is 1. The highest BCUT2D eigenvalue weighted by atomic mass is 35.5. The molecule has 1 aromatic carbocycles. The van der Waals surface area contributed by atoms with E-state index in [9.17, 15) is 14.0 Å². The zero-order valence-electron chi connectivity index (χ0n) is 16.2. The third kappa shape index (κ3) is 5.31. The molecule has 0 saturated carbocycles. The second-order valence-corrected chi connectivity index (χ2v) is 7.34. The number of nitrogens with zero attached hydrogens (tertiary/aromatic N) is 3. The molecule has 2 heterocycles. The molecule has 156 valence electrons. The first-order valence-electron chi connectivity index (χ1n) is 8.97. The van der Waals surface area contributed by atoms with Crippen LogP contribution in [0.3, 0.4) is 0 Å². The van der Waals surface area contributed by atoms with Gasteiger partial charge in [0, 0.05) is 17.0 Å². The first kappa shape index (κ1) is 21.7. The van der Waals surface area contributed by atoms with Crippen LogP contribution >= 0.6 is 22.9 Å². The Kier molecular flexibility index (Phi) is 6.96. The summed E-state index contributed by atoms with van der Waals surface area (Å²) in [5.74, 6) is -1.14. The zero-order chi connectivity index (χ0) is 21.7. The first-order chi connectivity index (χ1) is 14.4. The largest absolute Gasteiger partial charge is 0.466 e. The molecule has 0 aliphatic rings. The molecule has 1 amide bonds. The monoisotopic (exact) mass is 448 g/mol. The second-order valence-electron chi connectivity index (χ2n) is 6.13. The van der Waals surface area contributed by atoms with Gasteiger partial charge >= 0.3 is 5.97 Å². The highest BCUT2D eigenvalue weighted by molar-refractivity contribution is 7.14. The Balaban J connectivity index is 1.67. The molecular weight excluding hydrogens is 431 g/mol. The number of hydrogen-bond acceptors (Lipinski definition) is 6. The van der Waals surface area contributed by atoms with Crippen LogP contribution in [-0.4, -0.2) is 33.2 Å². The minimum Gasteiger partial charge on any atom is -0.466 e. The number of thiazole rings is 1. The number of hydrogen-bond donors (Lipinski definition) is 1. The van der Waals surface area contributed by atoms with Gasteiger partial charge in [-0.15, -0.1) is 11.3 Å². The van der Waals surface area contributed by atoms with Gasteiger partial charge in [-0.2, -0.15) is 5.10 Å². The smallest absolute Gasteiger partial charge is 0.311 e. The quantitative estimate of drug-likeness (QED) is 0.432. The number of halogens is 2. The van der Waals surface area contributed by atoms with Gasteiger partial charge in [0.25, 0.3) is 0 Å². The van der Waals surface area contributed by atoms with Crippen LogP contribution in [0.5, 0.6) is 0 Å². The summed E-state index contributed by atoms with van der Waals surface area (Å²) in [5, 5.41) is 9.34. The van der Waals surface area contributed by atoms with Crippen molar-refractivity contribution in [2.75, 3.05) is 11.9 Å². The van der Waals surface area contributed by atoms with E-state index >= 15 is 0 Å². The number of aromatic nitrogens is 3. The molecule has 30 heavy (non-hydrogen) atoms. The van der Waals surface area contributed by atoms with Gasteiger partial charge in [-0.25, -0.2) is 14.1 Å². The Morgan fingerprint density at radius 1 is 1.33 bits per heavy atom. The number of rotatable bonds is 7. The summed E-state index contributed by atoms with van der Waals surface area (Å²) in [4.78, 5) is 27.9. The molecule has 0 radical (unpaired) electrons. The van der Waals surface area contributed by atoms with Crippen LogP contribution in [-0.2, 0) is 20.7 Å². The van der Waals surface area contributed by atoms with Gasteiger partial charge < -0.3 is 4.74 Å². The van der Waals surface area contributed by atoms with Crippen LogP contribution in [0.15, 0.2) is 35.7 Å². The van der Waals surface area contributed by atoms with E-state index in [0.29, 0.717) is 39.5 Å². The predicted octanol–water partition coefficient (Wildman–Crippen LogP) is 4.19. The van der Waals surface area contributed by atoms with Gasteiger partial charge in [-0.05, 0) is 44.2 Å². The van der Waals surface area contributed by atoms with E-state index in [1.54, 1.807) is 37.4 Å². The first-order valence-corrected chi connectivity index (χ1v) is 10.2. The molecule has 0 aliphatic heterocycles. The van der Waals surface area contributed by atoms with Crippen LogP contribution in [0, 0.1) is 12.7 Å². The maximum absolute atomic E-state index is 13.1. The van der Waals surface area contributed by atoms with E-state index < -0.39 is 5.91 Å². The molecule has 2 aromatic heterocycles. The van der Waals surface area contributed by atoms with E-state index in [0.717, 1.165) is 0 Å². The average molecular weight is 449 g/mol. The number of carbonyl (C=O) groups is 2. The zero-order valence-corrected chi connectivity index (χ0v) is 17.8. The van der Waals surface area contributed by atoms with Crippen molar-refractivity contribution in [3.8, 4) is 5.69 Å². The van der Waals surface area contributed by atoms with Crippen molar-refractivity contribution in [1.29, 1.82) is 0 Å². The molecule has 0 fully saturated rings. The number of amides is 1. The standard InChI is InChI=1S/C20H18ClFN4O3S/c1-3-29-18(28)10-14-11-30-20(23-14)24-17(27)9-8-16-12(2)25-26(19(16)21)15-6-4-13(22)5-7-15/h4-9,11H,3,10H2,1-2H3,(H,23,24,27). The van der Waals surface area contributed by atoms with Crippen molar-refractivity contribution in [2.24, 2.45) is 0 Å². The number of esters is 1. The Morgan fingerprint density at radius 3 is 2.77 bits per heavy atom. The van der Waals surface area contributed by atoms with Crippen LogP contribution in [0.4, 0.5) is 9.52 Å². The van der Waals surface area contributed by atoms with Crippen LogP contribution in [0.2, 0.25) is 5.15 Å². The van der Waals surface area contributed by atoms with Crippen molar-refractivity contribution >= 4 is 46.0 Å². The van der Waals surface area contributed by atoms with E-state index in [1.807, 2.05) is 0 Å². The van der Waals surface area contributed by atoms with Gasteiger partial charge in [0.1, 0.15) is 11.0 Å². The number of ether oxygens (including phenoxy) is 1. The molecule has 1 N–H and O–H groups in total. The Bertz CT molecular complexity index is 1090. The van der Waals surface area contributed by atoms with Crippen molar-refractivity contribution in [3.05, 3.63) is 63.6 Å². The molecule has 0 atom stereocenters. The highest BCUT2D eigenvalue weighted by Crippen LogP contribution is 2.25. The SMILES string of the molecule is CCOC(=O)Cc1csc(NC(=O)C=Cc2c(C)nn(-c3ccc(F)cc3)c2Cl)n1. The normalized spacial score (nSPS) is 11.1. The third-order valence-corrected chi connectivity index (χ3v) is 5.10. The highest BCUT2D eigenvalue weighted by Gasteiger charge is 2.14. The Hall–Kier alpha value is -3.04. The summed E-state index contributed by atoms with van der Waals surface area (Å²) in [6, 6.07) is 5.75. The third-order valence-electron chi connectivity index (χ3n) is 3.93. The van der Waals surface area contributed by atoms with Gasteiger partial charge in [0.15, 0.2) is 5.13 Å². The van der Waals surface area contributed by atoms with Gasteiger partial charge in [-0.1, -0.05) is 11.6 Å². The van der Waals surface area contributed by atoms with E-state index in [2.05, 4.69) is 15.4 Å². The maximum atomic E-state index is 13.1. The minimum atomic E-state index is -0.406. The fraction of sp³-hybridized carbons (Fsp3) is 0.200. The van der Waals surface area contributed by atoms with Crippen molar-refractivity contribution in [2.45, 2.75) is 20.3 Å². The van der Waals surface area contributed by atoms with Crippen LogP contribution < -0.4 is 5.32 Å². The predicted molar refractivity (Wildman–Crippen MR) is 113 cm³/mol. The topological polar surface area (TPSA) is 86.1 Å². The van der Waals surface area contributed by atoms with Gasteiger partial charge in [0.05, 0.1) is 30.1 Å². The second kappa shape index (κ2) is 9.64. The lowest BCUT2D eigenvalue weighted by Gasteiger charge is -2.02. The lowest BCUT2D eigenvalue weighted by atomic mass is 10.2. The molecule has 10 heteroatoms. The summed E-state index contributed by atoms with van der Waals surface area (Å²) in [6.45, 7) is 3.79. The Labute approximate surface area is 181 Å². The summed E-state index contributed by atoms with van der Waals surface area (Å²) >= 11 is 7.61. The molecule has 0 unspecified atom stereocenters. The van der Waals surface area contributed by atoms with Crippen molar-refractivity contribution in [1.82, 2.24) is 14.8 Å². The molecule has 0 saturated heterocycles. The van der Waals surface area contributed by atoms with E-state index in [4.69, 9.17) is 16.3 Å². The lowest BCUT2D eigenvalue weighted by molar-refractivity contribution is -0.142. The summed E-state index contributed by atoms with van der Waals surface area (Å²) in [7, 11) is 0. The maximum Gasteiger partial charge on any atom is 0.311 e. The number of aryl methyl sites for hydroxylation is 1. The molecular formula is C20H18ClFN4O3S. The Morgan fingerprint density at radius 2 is 2.07 bits per heavy atom. The minimum absolute atomic E-state index is 0.0490. The van der Waals surface area contributed by atoms with E-state index in [-0.39, 0.29) is 18.2 Å². The van der Waals surface area contributed by atoms with Crippen LogP contribution in [0.25, 0.3) is 11.8 Å². The number of nitrogens with one attached hydrogen (secondary N) is 1. The molecule has 3 rings (SSSR count). The number of benzene rings is 1. The summed E-state index contributed by atoms with van der Waals surface area (Å²) < 4.78 is 19.5. The average Bonchev–Trinajstić information content (AvgIpc) is 3.24. The van der Waals surface area contributed by atoms with Crippen molar-refractivity contribution < 1.29 is 18.7 Å². The summed E-state index contributed by atoms with van der Waals surface area (Å²) in [6.07, 6.45) is 2.91. The fourth-order valence-corrected chi connectivity index (χ4v) is 3.61. The fourth-order valence-electron chi connectivity index (χ4n) is 2.57.